The van der Waals surface area contributed by atoms with Crippen LogP contribution in [0.3, 0.4) is 0 Å². The highest BCUT2D eigenvalue weighted by atomic mass is 79.9. The van der Waals surface area contributed by atoms with Gasteiger partial charge in [-0.05, 0) is 50.6 Å². The predicted octanol–water partition coefficient (Wildman–Crippen LogP) is 2.67. The normalized spacial score (nSPS) is 22.1. The van der Waals surface area contributed by atoms with Crippen molar-refractivity contribution in [2.75, 3.05) is 19.3 Å². The van der Waals surface area contributed by atoms with Gasteiger partial charge in [0, 0.05) is 16.2 Å². The molecule has 2 rings (SSSR count). The van der Waals surface area contributed by atoms with E-state index in [1.54, 1.807) is 0 Å². The Labute approximate surface area is 99.6 Å². The van der Waals surface area contributed by atoms with Crippen molar-refractivity contribution in [2.45, 2.75) is 25.3 Å². The molecule has 0 bridgehead atoms. The van der Waals surface area contributed by atoms with Crippen molar-refractivity contribution >= 4 is 21.6 Å². The van der Waals surface area contributed by atoms with Crippen molar-refractivity contribution < 1.29 is 0 Å². The molecule has 1 aliphatic rings. The molecule has 0 aromatic heterocycles. The number of rotatable bonds is 2. The van der Waals surface area contributed by atoms with E-state index in [-0.39, 0.29) is 0 Å². The molecular weight excluding hydrogens is 252 g/mol. The molecule has 82 valence electrons. The molecule has 1 fully saturated rings. The fourth-order valence-corrected chi connectivity index (χ4v) is 2.62. The van der Waals surface area contributed by atoms with Gasteiger partial charge in [0.25, 0.3) is 0 Å². The van der Waals surface area contributed by atoms with Gasteiger partial charge in [-0.3, -0.25) is 0 Å². The molecule has 3 heteroatoms. The van der Waals surface area contributed by atoms with Gasteiger partial charge in [0.05, 0.1) is 0 Å². The van der Waals surface area contributed by atoms with Crippen molar-refractivity contribution in [1.29, 1.82) is 0 Å². The van der Waals surface area contributed by atoms with E-state index in [1.807, 2.05) is 6.07 Å². The molecule has 0 radical (unpaired) electrons. The third kappa shape index (κ3) is 2.52. The summed E-state index contributed by atoms with van der Waals surface area (Å²) in [5, 5.41) is 0. The number of anilines is 1. The summed E-state index contributed by atoms with van der Waals surface area (Å²) in [7, 11) is 2.20. The van der Waals surface area contributed by atoms with Gasteiger partial charge in [0.15, 0.2) is 0 Å². The summed E-state index contributed by atoms with van der Waals surface area (Å²) in [6.45, 7) is 1.22. The number of halogens is 1. The van der Waals surface area contributed by atoms with Crippen molar-refractivity contribution in [3.8, 4) is 0 Å². The minimum absolute atomic E-state index is 0.675. The molecule has 1 aliphatic heterocycles. The van der Waals surface area contributed by atoms with Crippen LogP contribution in [0.25, 0.3) is 0 Å². The van der Waals surface area contributed by atoms with Crippen molar-refractivity contribution in [3.63, 3.8) is 0 Å². The van der Waals surface area contributed by atoms with Gasteiger partial charge in [-0.1, -0.05) is 22.0 Å². The van der Waals surface area contributed by atoms with Crippen LogP contribution in [0.4, 0.5) is 5.69 Å². The number of nitrogens with two attached hydrogens (primary N) is 1. The smallest absolute Gasteiger partial charge is 0.0358 e. The molecule has 1 heterocycles. The standard InChI is InChI=1S/C12H17BrN2/c1-15-6-2-3-11(15)7-9-4-5-10(13)8-12(9)14/h4-5,8,11H,2-3,6-7,14H2,1H3. The summed E-state index contributed by atoms with van der Waals surface area (Å²) in [5.41, 5.74) is 8.18. The third-order valence-corrected chi connectivity index (χ3v) is 3.73. The first-order chi connectivity index (χ1) is 7.16. The molecule has 1 atom stereocenters. The third-order valence-electron chi connectivity index (χ3n) is 3.23. The summed E-state index contributed by atoms with van der Waals surface area (Å²) in [6.07, 6.45) is 3.69. The largest absolute Gasteiger partial charge is 0.398 e. The van der Waals surface area contributed by atoms with Crippen LogP contribution in [0.1, 0.15) is 18.4 Å². The fraction of sp³-hybridized carbons (Fsp3) is 0.500. The number of likely N-dealkylation sites (N-methyl/N-ethyl adjacent to an activating group) is 1. The summed E-state index contributed by atoms with van der Waals surface area (Å²) in [6, 6.07) is 6.87. The van der Waals surface area contributed by atoms with Crippen molar-refractivity contribution in [3.05, 3.63) is 28.2 Å². The maximum absolute atomic E-state index is 6.00. The zero-order valence-electron chi connectivity index (χ0n) is 9.04. The molecule has 0 aliphatic carbocycles. The number of hydrogen-bond donors (Lipinski definition) is 1. The lowest BCUT2D eigenvalue weighted by molar-refractivity contribution is 0.309. The van der Waals surface area contributed by atoms with Gasteiger partial charge < -0.3 is 10.6 Å². The Morgan fingerprint density at radius 3 is 2.93 bits per heavy atom. The van der Waals surface area contributed by atoms with E-state index in [0.29, 0.717) is 6.04 Å². The molecule has 0 amide bonds. The predicted molar refractivity (Wildman–Crippen MR) is 67.9 cm³/mol. The van der Waals surface area contributed by atoms with Crippen LogP contribution in [0.2, 0.25) is 0 Å². The molecule has 0 spiro atoms. The minimum atomic E-state index is 0.675. The summed E-state index contributed by atoms with van der Waals surface area (Å²) in [5.74, 6) is 0. The number of hydrogen-bond acceptors (Lipinski definition) is 2. The van der Waals surface area contributed by atoms with Crippen LogP contribution in [0.15, 0.2) is 22.7 Å². The first kappa shape index (κ1) is 11.0. The van der Waals surface area contributed by atoms with Crippen molar-refractivity contribution in [2.24, 2.45) is 0 Å². The number of nitrogens with zero attached hydrogens (tertiary/aromatic N) is 1. The molecule has 1 unspecified atom stereocenters. The Morgan fingerprint density at radius 2 is 2.33 bits per heavy atom. The van der Waals surface area contributed by atoms with Crippen LogP contribution < -0.4 is 5.73 Å². The fourth-order valence-electron chi connectivity index (χ4n) is 2.24. The second-order valence-corrected chi connectivity index (χ2v) is 5.24. The maximum Gasteiger partial charge on any atom is 0.0358 e. The van der Waals surface area contributed by atoms with Crippen molar-refractivity contribution in [1.82, 2.24) is 4.90 Å². The van der Waals surface area contributed by atoms with Gasteiger partial charge in [0.2, 0.25) is 0 Å². The number of nitrogen functional groups attached to an aromatic ring is 1. The van der Waals surface area contributed by atoms with Gasteiger partial charge in [-0.2, -0.15) is 0 Å². The lowest BCUT2D eigenvalue weighted by Crippen LogP contribution is -2.27. The molecule has 1 aromatic carbocycles. The molecule has 1 aromatic rings. The Balaban J connectivity index is 2.10. The average Bonchev–Trinajstić information content (AvgIpc) is 2.57. The molecular formula is C12H17BrN2. The zero-order valence-corrected chi connectivity index (χ0v) is 10.6. The monoisotopic (exact) mass is 268 g/mol. The number of benzene rings is 1. The first-order valence-corrected chi connectivity index (χ1v) is 6.20. The Kier molecular flexibility index (Phi) is 3.32. The highest BCUT2D eigenvalue weighted by molar-refractivity contribution is 9.10. The molecule has 15 heavy (non-hydrogen) atoms. The van der Waals surface area contributed by atoms with Gasteiger partial charge in [0.1, 0.15) is 0 Å². The zero-order chi connectivity index (χ0) is 10.8. The van der Waals surface area contributed by atoms with Crippen LogP contribution in [0.5, 0.6) is 0 Å². The van der Waals surface area contributed by atoms with Crippen LogP contribution in [-0.2, 0) is 6.42 Å². The van der Waals surface area contributed by atoms with Crippen LogP contribution >= 0.6 is 15.9 Å². The van der Waals surface area contributed by atoms with E-state index in [0.717, 1.165) is 16.6 Å². The molecule has 1 saturated heterocycles. The van der Waals surface area contributed by atoms with E-state index >= 15 is 0 Å². The topological polar surface area (TPSA) is 29.3 Å². The minimum Gasteiger partial charge on any atom is -0.398 e. The second-order valence-electron chi connectivity index (χ2n) is 4.32. The van der Waals surface area contributed by atoms with Crippen LogP contribution in [0, 0.1) is 0 Å². The Morgan fingerprint density at radius 1 is 1.53 bits per heavy atom. The summed E-state index contributed by atoms with van der Waals surface area (Å²) < 4.78 is 1.06. The van der Waals surface area contributed by atoms with Gasteiger partial charge in [-0.15, -0.1) is 0 Å². The highest BCUT2D eigenvalue weighted by Crippen LogP contribution is 2.24. The molecule has 2 nitrogen and oxygen atoms in total. The highest BCUT2D eigenvalue weighted by Gasteiger charge is 2.21. The van der Waals surface area contributed by atoms with E-state index in [2.05, 4.69) is 40.0 Å². The van der Waals surface area contributed by atoms with Gasteiger partial charge in [-0.25, -0.2) is 0 Å². The van der Waals surface area contributed by atoms with E-state index in [1.165, 1.54) is 24.9 Å². The maximum atomic E-state index is 6.00. The van der Waals surface area contributed by atoms with E-state index < -0.39 is 0 Å². The lowest BCUT2D eigenvalue weighted by atomic mass is 10.0. The van der Waals surface area contributed by atoms with E-state index in [9.17, 15) is 0 Å². The second kappa shape index (κ2) is 4.54. The SMILES string of the molecule is CN1CCCC1Cc1ccc(Br)cc1N. The van der Waals surface area contributed by atoms with Gasteiger partial charge >= 0.3 is 0 Å². The van der Waals surface area contributed by atoms with Crippen LogP contribution in [-0.4, -0.2) is 24.5 Å². The van der Waals surface area contributed by atoms with E-state index in [4.69, 9.17) is 5.73 Å². The lowest BCUT2D eigenvalue weighted by Gasteiger charge is -2.20. The number of likely N-dealkylation sites (tertiary alicyclic amines) is 1. The Bertz CT molecular complexity index is 351. The quantitative estimate of drug-likeness (QED) is 0.836. The average molecular weight is 269 g/mol. The molecule has 0 saturated carbocycles. The first-order valence-electron chi connectivity index (χ1n) is 5.41. The Hall–Kier alpha value is -0.540. The molecule has 2 N–H and O–H groups in total. The summed E-state index contributed by atoms with van der Waals surface area (Å²) >= 11 is 3.43. The summed E-state index contributed by atoms with van der Waals surface area (Å²) in [4.78, 5) is 2.43.